The van der Waals surface area contributed by atoms with Crippen LogP contribution in [0.3, 0.4) is 0 Å². The average molecular weight is 499 g/mol. The first-order chi connectivity index (χ1) is 17.1. The van der Waals surface area contributed by atoms with Gasteiger partial charge < -0.3 is 24.6 Å². The van der Waals surface area contributed by atoms with Crippen molar-refractivity contribution >= 4 is 35.1 Å². The Morgan fingerprint density at radius 3 is 2.33 bits per heavy atom. The molecule has 2 fully saturated rings. The van der Waals surface area contributed by atoms with Gasteiger partial charge in [0.25, 0.3) is 5.69 Å². The molecule has 0 saturated carbocycles. The number of ether oxygens (including phenoxy) is 2. The summed E-state index contributed by atoms with van der Waals surface area (Å²) in [6.45, 7) is 8.84. The van der Waals surface area contributed by atoms with Crippen molar-refractivity contribution in [2.45, 2.75) is 32.5 Å². The molecule has 2 aliphatic rings. The summed E-state index contributed by atoms with van der Waals surface area (Å²) < 4.78 is 10.6. The van der Waals surface area contributed by atoms with Gasteiger partial charge in [-0.1, -0.05) is 0 Å². The maximum absolute atomic E-state index is 12.4. The molecule has 3 heterocycles. The monoisotopic (exact) mass is 498 g/mol. The van der Waals surface area contributed by atoms with Crippen molar-refractivity contribution in [3.8, 4) is 0 Å². The summed E-state index contributed by atoms with van der Waals surface area (Å²) in [5.41, 5.74) is 1.13. The minimum Gasteiger partial charge on any atom is -0.444 e. The summed E-state index contributed by atoms with van der Waals surface area (Å²) in [6.07, 6.45) is -0.193. The standard InChI is InChI=1S/C24H30N6O6/c1-24(2,3)36-22(31)26-15-20-16-29(23(32)35-20)18-6-4-17(5-7-18)27-10-12-28(13-11-27)21-9-8-19(14-25-21)30(33)34/h4-9,14,20H,10-13,15-16H2,1-3H3,(H,26,31)/t20-/m0/s1. The van der Waals surface area contributed by atoms with Crippen LogP contribution in [-0.4, -0.2) is 73.1 Å². The molecule has 1 atom stereocenters. The van der Waals surface area contributed by atoms with Gasteiger partial charge in [0.2, 0.25) is 0 Å². The number of hydrogen-bond donors (Lipinski definition) is 1. The second-order valence-corrected chi connectivity index (χ2v) is 9.62. The van der Waals surface area contributed by atoms with Gasteiger partial charge in [-0.15, -0.1) is 0 Å². The number of anilines is 3. The number of nitro groups is 1. The minimum absolute atomic E-state index is 0.0232. The second kappa shape index (κ2) is 10.3. The van der Waals surface area contributed by atoms with Gasteiger partial charge in [0.15, 0.2) is 0 Å². The molecule has 0 bridgehead atoms. The first-order valence-electron chi connectivity index (χ1n) is 11.7. The lowest BCUT2D eigenvalue weighted by Gasteiger charge is -2.36. The quantitative estimate of drug-likeness (QED) is 0.471. The highest BCUT2D eigenvalue weighted by molar-refractivity contribution is 5.90. The molecule has 0 spiro atoms. The molecule has 2 saturated heterocycles. The Morgan fingerprint density at radius 2 is 1.75 bits per heavy atom. The van der Waals surface area contributed by atoms with E-state index in [4.69, 9.17) is 9.47 Å². The molecule has 2 amide bonds. The molecule has 1 aromatic heterocycles. The number of nitrogens with one attached hydrogen (secondary N) is 1. The summed E-state index contributed by atoms with van der Waals surface area (Å²) in [7, 11) is 0. The van der Waals surface area contributed by atoms with Gasteiger partial charge in [-0.2, -0.15) is 0 Å². The number of alkyl carbamates (subject to hydrolysis) is 1. The van der Waals surface area contributed by atoms with E-state index in [1.54, 1.807) is 31.7 Å². The summed E-state index contributed by atoms with van der Waals surface area (Å²) in [5.74, 6) is 0.721. The Kier molecular flexibility index (Phi) is 7.13. The number of amides is 2. The highest BCUT2D eigenvalue weighted by Gasteiger charge is 2.33. The van der Waals surface area contributed by atoms with Gasteiger partial charge in [0.05, 0.1) is 18.0 Å². The lowest BCUT2D eigenvalue weighted by molar-refractivity contribution is -0.385. The predicted molar refractivity (Wildman–Crippen MR) is 134 cm³/mol. The molecule has 36 heavy (non-hydrogen) atoms. The Labute approximate surface area is 208 Å². The summed E-state index contributed by atoms with van der Waals surface area (Å²) in [6, 6.07) is 10.8. The van der Waals surface area contributed by atoms with Crippen LogP contribution in [0.4, 0.5) is 32.5 Å². The molecule has 2 aliphatic heterocycles. The van der Waals surface area contributed by atoms with E-state index in [2.05, 4.69) is 20.1 Å². The Morgan fingerprint density at radius 1 is 1.11 bits per heavy atom. The zero-order valence-corrected chi connectivity index (χ0v) is 20.5. The molecular weight excluding hydrogens is 468 g/mol. The largest absolute Gasteiger partial charge is 0.444 e. The Balaban J connectivity index is 1.28. The first kappa shape index (κ1) is 25.0. The first-order valence-corrected chi connectivity index (χ1v) is 11.7. The van der Waals surface area contributed by atoms with Gasteiger partial charge >= 0.3 is 12.2 Å². The van der Waals surface area contributed by atoms with E-state index in [-0.39, 0.29) is 12.2 Å². The summed E-state index contributed by atoms with van der Waals surface area (Å²) >= 11 is 0. The van der Waals surface area contributed by atoms with Gasteiger partial charge in [0.1, 0.15) is 23.7 Å². The molecule has 1 aromatic carbocycles. The average Bonchev–Trinajstić information content (AvgIpc) is 3.22. The van der Waals surface area contributed by atoms with Crippen molar-refractivity contribution in [1.29, 1.82) is 0 Å². The van der Waals surface area contributed by atoms with E-state index in [9.17, 15) is 19.7 Å². The number of nitrogens with zero attached hydrogens (tertiary/aromatic N) is 5. The third kappa shape index (κ3) is 6.12. The fourth-order valence-electron chi connectivity index (χ4n) is 4.06. The Bertz CT molecular complexity index is 1090. The van der Waals surface area contributed by atoms with Crippen LogP contribution in [0.5, 0.6) is 0 Å². The predicted octanol–water partition coefficient (Wildman–Crippen LogP) is 3.17. The minimum atomic E-state index is -0.599. The maximum Gasteiger partial charge on any atom is 0.414 e. The number of carbonyl (C=O) groups excluding carboxylic acids is 2. The van der Waals surface area contributed by atoms with E-state index in [1.165, 1.54) is 12.3 Å². The fraction of sp³-hybridized carbons (Fsp3) is 0.458. The molecule has 1 N–H and O–H groups in total. The zero-order valence-electron chi connectivity index (χ0n) is 20.5. The van der Waals surface area contributed by atoms with E-state index in [1.807, 2.05) is 24.3 Å². The third-order valence-corrected chi connectivity index (χ3v) is 5.82. The fourth-order valence-corrected chi connectivity index (χ4v) is 4.06. The lowest BCUT2D eigenvalue weighted by Crippen LogP contribution is -2.46. The smallest absolute Gasteiger partial charge is 0.414 e. The number of cyclic esters (lactones) is 1. The molecule has 12 heteroatoms. The number of carbonyl (C=O) groups is 2. The van der Waals surface area contributed by atoms with Crippen molar-refractivity contribution in [2.75, 3.05) is 54.0 Å². The summed E-state index contributed by atoms with van der Waals surface area (Å²) in [5, 5.41) is 13.5. The molecular formula is C24H30N6O6. The number of pyridine rings is 1. The molecule has 0 aliphatic carbocycles. The topological polar surface area (TPSA) is 130 Å². The Hall–Kier alpha value is -4.09. The normalized spacial score (nSPS) is 18.1. The SMILES string of the molecule is CC(C)(C)OC(=O)NC[C@H]1CN(c2ccc(N3CCN(c4ccc([N+](=O)[O-])cn4)CC3)cc2)C(=O)O1. The van der Waals surface area contributed by atoms with E-state index >= 15 is 0 Å². The molecule has 192 valence electrons. The van der Waals surface area contributed by atoms with Crippen LogP contribution in [0.2, 0.25) is 0 Å². The number of benzene rings is 1. The molecule has 0 radical (unpaired) electrons. The number of hydrogen-bond acceptors (Lipinski definition) is 9. The van der Waals surface area contributed by atoms with Crippen molar-refractivity contribution in [1.82, 2.24) is 10.3 Å². The van der Waals surface area contributed by atoms with Crippen LogP contribution in [-0.2, 0) is 9.47 Å². The van der Waals surface area contributed by atoms with Crippen LogP contribution in [0.1, 0.15) is 20.8 Å². The highest BCUT2D eigenvalue weighted by Crippen LogP contribution is 2.26. The van der Waals surface area contributed by atoms with Crippen LogP contribution >= 0.6 is 0 Å². The maximum atomic E-state index is 12.4. The molecule has 0 unspecified atom stereocenters. The van der Waals surface area contributed by atoms with E-state index < -0.39 is 28.8 Å². The summed E-state index contributed by atoms with van der Waals surface area (Å²) in [4.78, 5) is 44.7. The second-order valence-electron chi connectivity index (χ2n) is 9.62. The van der Waals surface area contributed by atoms with E-state index in [0.717, 1.165) is 43.4 Å². The highest BCUT2D eigenvalue weighted by atomic mass is 16.6. The van der Waals surface area contributed by atoms with Crippen LogP contribution < -0.4 is 20.0 Å². The van der Waals surface area contributed by atoms with Gasteiger partial charge in [-0.25, -0.2) is 14.6 Å². The number of piperazine rings is 1. The van der Waals surface area contributed by atoms with Crippen LogP contribution in [0, 0.1) is 10.1 Å². The number of aromatic nitrogens is 1. The molecule has 4 rings (SSSR count). The van der Waals surface area contributed by atoms with Crippen LogP contribution in [0.15, 0.2) is 42.6 Å². The van der Waals surface area contributed by atoms with Crippen molar-refractivity contribution < 1.29 is 24.0 Å². The van der Waals surface area contributed by atoms with Crippen LogP contribution in [0.25, 0.3) is 0 Å². The zero-order chi connectivity index (χ0) is 25.9. The van der Waals surface area contributed by atoms with Gasteiger partial charge in [-0.05, 0) is 51.1 Å². The molecule has 12 nitrogen and oxygen atoms in total. The van der Waals surface area contributed by atoms with Gasteiger partial charge in [-0.3, -0.25) is 15.0 Å². The van der Waals surface area contributed by atoms with Crippen molar-refractivity contribution in [2.24, 2.45) is 0 Å². The van der Waals surface area contributed by atoms with Crippen molar-refractivity contribution in [3.05, 3.63) is 52.7 Å². The van der Waals surface area contributed by atoms with E-state index in [0.29, 0.717) is 6.54 Å². The third-order valence-electron chi connectivity index (χ3n) is 5.82. The van der Waals surface area contributed by atoms with Crippen molar-refractivity contribution in [3.63, 3.8) is 0 Å². The lowest BCUT2D eigenvalue weighted by atomic mass is 10.2. The van der Waals surface area contributed by atoms with Gasteiger partial charge in [0, 0.05) is 43.6 Å². The molecule has 2 aromatic rings. The number of rotatable bonds is 6.